The van der Waals surface area contributed by atoms with Gasteiger partial charge in [-0.2, -0.15) is 0 Å². The largest absolute Gasteiger partial charge is 0.387 e. The second kappa shape index (κ2) is 4.73. The average Bonchev–Trinajstić information content (AvgIpc) is 2.30. The number of hydrogen-bond donors (Lipinski definition) is 2. The lowest BCUT2D eigenvalue weighted by molar-refractivity contribution is 0.113. The summed E-state index contributed by atoms with van der Waals surface area (Å²) in [5.74, 6) is 0. The van der Waals surface area contributed by atoms with Crippen molar-refractivity contribution in [2.45, 2.75) is 38.3 Å². The molecule has 1 saturated heterocycles. The van der Waals surface area contributed by atoms with Gasteiger partial charge in [-0.15, -0.1) is 0 Å². The first-order valence-electron chi connectivity index (χ1n) is 5.61. The highest BCUT2D eigenvalue weighted by atomic mass is 16.3. The van der Waals surface area contributed by atoms with Gasteiger partial charge in [0.05, 0.1) is 6.10 Å². The maximum atomic E-state index is 10.2. The van der Waals surface area contributed by atoms with Gasteiger partial charge in [0.25, 0.3) is 0 Å². The molecule has 2 heterocycles. The second-order valence-electron chi connectivity index (χ2n) is 4.23. The standard InChI is InChI=1S/C12H18N2O/c1-9-5-7-13-8-10(9)12(15)11-4-2-3-6-14-11/h5,7-8,11-12,14-15H,2-4,6H2,1H3/t11-,12?/m0/s1. The third-order valence-electron chi connectivity index (χ3n) is 3.13. The first-order valence-corrected chi connectivity index (χ1v) is 5.61. The number of aryl methyl sites for hydroxylation is 1. The maximum absolute atomic E-state index is 10.2. The van der Waals surface area contributed by atoms with E-state index < -0.39 is 6.10 Å². The lowest BCUT2D eigenvalue weighted by atomic mass is 9.94. The highest BCUT2D eigenvalue weighted by Gasteiger charge is 2.23. The molecule has 1 aromatic heterocycles. The van der Waals surface area contributed by atoms with E-state index in [1.54, 1.807) is 12.4 Å². The van der Waals surface area contributed by atoms with E-state index in [0.29, 0.717) is 0 Å². The normalized spacial score (nSPS) is 23.7. The number of piperidine rings is 1. The van der Waals surface area contributed by atoms with E-state index in [2.05, 4.69) is 10.3 Å². The lowest BCUT2D eigenvalue weighted by Crippen LogP contribution is -2.39. The van der Waals surface area contributed by atoms with Gasteiger partial charge in [0.1, 0.15) is 0 Å². The minimum absolute atomic E-state index is 0.196. The molecule has 82 valence electrons. The number of nitrogens with one attached hydrogen (secondary N) is 1. The zero-order valence-corrected chi connectivity index (χ0v) is 9.11. The molecule has 2 atom stereocenters. The Labute approximate surface area is 90.5 Å². The first-order chi connectivity index (χ1) is 7.29. The van der Waals surface area contributed by atoms with Crippen molar-refractivity contribution < 1.29 is 5.11 Å². The van der Waals surface area contributed by atoms with Crippen LogP contribution in [-0.2, 0) is 0 Å². The SMILES string of the molecule is Cc1ccncc1C(O)[C@@H]1CCCCN1. The number of rotatable bonds is 2. The molecule has 1 fully saturated rings. The van der Waals surface area contributed by atoms with E-state index in [0.717, 1.165) is 24.1 Å². The van der Waals surface area contributed by atoms with E-state index >= 15 is 0 Å². The Bertz CT molecular complexity index is 321. The topological polar surface area (TPSA) is 45.2 Å². The van der Waals surface area contributed by atoms with Crippen molar-refractivity contribution in [1.82, 2.24) is 10.3 Å². The highest BCUT2D eigenvalue weighted by molar-refractivity contribution is 5.25. The Morgan fingerprint density at radius 3 is 3.07 bits per heavy atom. The van der Waals surface area contributed by atoms with E-state index in [-0.39, 0.29) is 6.04 Å². The van der Waals surface area contributed by atoms with Crippen LogP contribution in [0.15, 0.2) is 18.5 Å². The van der Waals surface area contributed by atoms with E-state index in [4.69, 9.17) is 0 Å². The summed E-state index contributed by atoms with van der Waals surface area (Å²) in [6, 6.07) is 2.14. The molecule has 15 heavy (non-hydrogen) atoms. The molecule has 0 amide bonds. The molecular formula is C12H18N2O. The first kappa shape index (κ1) is 10.6. The summed E-state index contributed by atoms with van der Waals surface area (Å²) < 4.78 is 0. The minimum atomic E-state index is -0.418. The van der Waals surface area contributed by atoms with Crippen molar-refractivity contribution in [1.29, 1.82) is 0 Å². The number of aromatic nitrogens is 1. The molecule has 1 aliphatic heterocycles. The maximum Gasteiger partial charge on any atom is 0.0960 e. The molecule has 3 nitrogen and oxygen atoms in total. The average molecular weight is 206 g/mol. The molecule has 0 saturated carbocycles. The van der Waals surface area contributed by atoms with Crippen LogP contribution in [0.4, 0.5) is 0 Å². The summed E-state index contributed by atoms with van der Waals surface area (Å²) in [6.07, 6.45) is 6.59. The quantitative estimate of drug-likeness (QED) is 0.772. The van der Waals surface area contributed by atoms with Crippen LogP contribution in [0.1, 0.15) is 36.5 Å². The monoisotopic (exact) mass is 206 g/mol. The van der Waals surface area contributed by atoms with E-state index in [1.807, 2.05) is 13.0 Å². The molecule has 0 radical (unpaired) electrons. The predicted octanol–water partition coefficient (Wildman–Crippen LogP) is 1.57. The number of hydrogen-bond acceptors (Lipinski definition) is 3. The van der Waals surface area contributed by atoms with E-state index in [9.17, 15) is 5.11 Å². The third-order valence-corrected chi connectivity index (χ3v) is 3.13. The van der Waals surface area contributed by atoms with E-state index in [1.165, 1.54) is 12.8 Å². The summed E-state index contributed by atoms with van der Waals surface area (Å²) in [5.41, 5.74) is 2.07. The number of pyridine rings is 1. The van der Waals surface area contributed by atoms with Crippen LogP contribution >= 0.6 is 0 Å². The summed E-state index contributed by atoms with van der Waals surface area (Å²) in [7, 11) is 0. The fourth-order valence-electron chi connectivity index (χ4n) is 2.15. The van der Waals surface area contributed by atoms with Gasteiger partial charge >= 0.3 is 0 Å². The van der Waals surface area contributed by atoms with Crippen LogP contribution in [0.5, 0.6) is 0 Å². The molecule has 0 aromatic carbocycles. The van der Waals surface area contributed by atoms with Crippen molar-refractivity contribution in [2.24, 2.45) is 0 Å². The number of aliphatic hydroxyl groups excluding tert-OH is 1. The van der Waals surface area contributed by atoms with Gasteiger partial charge in [-0.1, -0.05) is 6.42 Å². The van der Waals surface area contributed by atoms with Crippen molar-refractivity contribution in [2.75, 3.05) is 6.54 Å². The van der Waals surface area contributed by atoms with Gasteiger partial charge in [-0.05, 0) is 37.9 Å². The highest BCUT2D eigenvalue weighted by Crippen LogP contribution is 2.24. The molecular weight excluding hydrogens is 188 g/mol. The summed E-state index contributed by atoms with van der Waals surface area (Å²) in [5, 5.41) is 13.6. The fraction of sp³-hybridized carbons (Fsp3) is 0.583. The van der Waals surface area contributed by atoms with Crippen LogP contribution in [0.2, 0.25) is 0 Å². The molecule has 2 rings (SSSR count). The molecule has 0 bridgehead atoms. The van der Waals surface area contributed by atoms with Gasteiger partial charge in [-0.3, -0.25) is 4.98 Å². The Balaban J connectivity index is 2.12. The summed E-state index contributed by atoms with van der Waals surface area (Å²) >= 11 is 0. The Morgan fingerprint density at radius 2 is 2.40 bits per heavy atom. The zero-order valence-electron chi connectivity index (χ0n) is 9.11. The Kier molecular flexibility index (Phi) is 3.34. The summed E-state index contributed by atoms with van der Waals surface area (Å²) in [4.78, 5) is 4.07. The van der Waals surface area contributed by atoms with Gasteiger partial charge in [-0.25, -0.2) is 0 Å². The zero-order chi connectivity index (χ0) is 10.7. The fourth-order valence-corrected chi connectivity index (χ4v) is 2.15. The van der Waals surface area contributed by atoms with Crippen molar-refractivity contribution in [3.8, 4) is 0 Å². The molecule has 0 spiro atoms. The van der Waals surface area contributed by atoms with Gasteiger partial charge in [0, 0.05) is 24.0 Å². The molecule has 1 aromatic rings. The minimum Gasteiger partial charge on any atom is -0.387 e. The van der Waals surface area contributed by atoms with Gasteiger partial charge in [0.2, 0.25) is 0 Å². The van der Waals surface area contributed by atoms with Crippen LogP contribution in [0.3, 0.4) is 0 Å². The lowest BCUT2D eigenvalue weighted by Gasteiger charge is -2.28. The molecule has 2 N–H and O–H groups in total. The molecule has 1 aliphatic rings. The van der Waals surface area contributed by atoms with Crippen LogP contribution in [0.25, 0.3) is 0 Å². The van der Waals surface area contributed by atoms with Crippen molar-refractivity contribution >= 4 is 0 Å². The number of aliphatic hydroxyl groups is 1. The molecule has 0 aliphatic carbocycles. The molecule has 1 unspecified atom stereocenters. The van der Waals surface area contributed by atoms with Gasteiger partial charge in [0.15, 0.2) is 0 Å². The van der Waals surface area contributed by atoms with Crippen LogP contribution in [0, 0.1) is 6.92 Å². The van der Waals surface area contributed by atoms with Crippen molar-refractivity contribution in [3.05, 3.63) is 29.6 Å². The Hall–Kier alpha value is -0.930. The summed E-state index contributed by atoms with van der Waals surface area (Å²) in [6.45, 7) is 3.03. The second-order valence-corrected chi connectivity index (χ2v) is 4.23. The van der Waals surface area contributed by atoms with Gasteiger partial charge < -0.3 is 10.4 Å². The Morgan fingerprint density at radius 1 is 1.53 bits per heavy atom. The van der Waals surface area contributed by atoms with Crippen LogP contribution < -0.4 is 5.32 Å². The van der Waals surface area contributed by atoms with Crippen molar-refractivity contribution in [3.63, 3.8) is 0 Å². The molecule has 3 heteroatoms. The van der Waals surface area contributed by atoms with Crippen LogP contribution in [-0.4, -0.2) is 22.7 Å². The number of nitrogens with zero attached hydrogens (tertiary/aromatic N) is 1. The smallest absolute Gasteiger partial charge is 0.0960 e. The predicted molar refractivity (Wildman–Crippen MR) is 59.6 cm³/mol. The third kappa shape index (κ3) is 2.36.